The molecular formula is C7H11F3O2. The van der Waals surface area contributed by atoms with Gasteiger partial charge in [-0.25, -0.2) is 0 Å². The number of aliphatic hydroxyl groups excluding tert-OH is 1. The van der Waals surface area contributed by atoms with Crippen molar-refractivity contribution < 1.29 is 23.0 Å². The Kier molecular flexibility index (Phi) is 2.63. The summed E-state index contributed by atoms with van der Waals surface area (Å²) in [7, 11) is 0. The zero-order valence-electron chi connectivity index (χ0n) is 6.64. The molecule has 0 radical (unpaired) electrons. The molecular weight excluding hydrogens is 173 g/mol. The van der Waals surface area contributed by atoms with E-state index in [1.165, 1.54) is 0 Å². The maximum atomic E-state index is 11.7. The summed E-state index contributed by atoms with van der Waals surface area (Å²) >= 11 is 0. The summed E-state index contributed by atoms with van der Waals surface area (Å²) in [5.74, 6) is 0.196. The topological polar surface area (TPSA) is 29.5 Å². The van der Waals surface area contributed by atoms with E-state index in [4.69, 9.17) is 5.11 Å². The lowest BCUT2D eigenvalue weighted by atomic mass is 10.3. The molecule has 1 fully saturated rings. The molecule has 3 atom stereocenters. The molecule has 72 valence electrons. The molecule has 0 aromatic carbocycles. The number of ether oxygens (including phenoxy) is 1. The Balaban J connectivity index is 2.24. The molecule has 0 aromatic rings. The van der Waals surface area contributed by atoms with E-state index in [0.29, 0.717) is 6.42 Å². The zero-order valence-corrected chi connectivity index (χ0v) is 6.64. The first-order chi connectivity index (χ1) is 5.45. The number of hydrogen-bond acceptors (Lipinski definition) is 2. The molecule has 1 N–H and O–H groups in total. The molecule has 0 spiro atoms. The van der Waals surface area contributed by atoms with E-state index < -0.39 is 18.6 Å². The van der Waals surface area contributed by atoms with Crippen LogP contribution in [0.1, 0.15) is 19.8 Å². The second-order valence-corrected chi connectivity index (χ2v) is 2.97. The van der Waals surface area contributed by atoms with Gasteiger partial charge in [-0.2, -0.15) is 13.2 Å². The molecule has 0 aromatic heterocycles. The van der Waals surface area contributed by atoms with Crippen LogP contribution < -0.4 is 0 Å². The van der Waals surface area contributed by atoms with Crippen LogP contribution in [0.3, 0.4) is 0 Å². The van der Waals surface area contributed by atoms with Crippen LogP contribution in [0.15, 0.2) is 0 Å². The lowest BCUT2D eigenvalue weighted by molar-refractivity contribution is -0.297. The summed E-state index contributed by atoms with van der Waals surface area (Å²) in [6.07, 6.45) is -6.23. The predicted octanol–water partition coefficient (Wildman–Crippen LogP) is 1.68. The Labute approximate surface area is 68.3 Å². The van der Waals surface area contributed by atoms with Crippen LogP contribution in [0.25, 0.3) is 0 Å². The minimum Gasteiger partial charge on any atom is -0.361 e. The summed E-state index contributed by atoms with van der Waals surface area (Å²) in [6, 6.07) is 0. The molecule has 12 heavy (non-hydrogen) atoms. The fraction of sp³-hybridized carbons (Fsp3) is 1.00. The number of halogens is 3. The van der Waals surface area contributed by atoms with E-state index in [0.717, 1.165) is 6.42 Å². The molecule has 0 bridgehead atoms. The molecule has 0 aliphatic heterocycles. The fourth-order valence-corrected chi connectivity index (χ4v) is 1.06. The summed E-state index contributed by atoms with van der Waals surface area (Å²) < 4.78 is 39.4. The molecule has 0 saturated heterocycles. The van der Waals surface area contributed by atoms with Crippen molar-refractivity contribution in [2.75, 3.05) is 0 Å². The minimum absolute atomic E-state index is 0.196. The second kappa shape index (κ2) is 3.22. The van der Waals surface area contributed by atoms with Crippen molar-refractivity contribution in [1.82, 2.24) is 0 Å². The van der Waals surface area contributed by atoms with E-state index in [1.807, 2.05) is 6.92 Å². The normalized spacial score (nSPS) is 31.8. The van der Waals surface area contributed by atoms with E-state index in [2.05, 4.69) is 4.74 Å². The maximum Gasteiger partial charge on any atom is 0.439 e. The lowest BCUT2D eigenvalue weighted by Crippen LogP contribution is -2.32. The summed E-state index contributed by atoms with van der Waals surface area (Å²) in [6.45, 7) is 1.88. The van der Waals surface area contributed by atoms with Crippen LogP contribution in [-0.4, -0.2) is 23.7 Å². The van der Waals surface area contributed by atoms with Crippen molar-refractivity contribution >= 4 is 0 Å². The molecule has 1 saturated carbocycles. The molecule has 1 rings (SSSR count). The molecule has 1 aliphatic rings. The largest absolute Gasteiger partial charge is 0.439 e. The molecule has 5 heteroatoms. The third kappa shape index (κ3) is 2.35. The zero-order chi connectivity index (χ0) is 9.35. The van der Waals surface area contributed by atoms with Crippen LogP contribution in [0.5, 0.6) is 0 Å². The van der Waals surface area contributed by atoms with Gasteiger partial charge in [-0.3, -0.25) is 0 Å². The third-order valence-corrected chi connectivity index (χ3v) is 1.97. The van der Waals surface area contributed by atoms with Gasteiger partial charge in [0.2, 0.25) is 0 Å². The van der Waals surface area contributed by atoms with Gasteiger partial charge in [-0.05, 0) is 12.3 Å². The first kappa shape index (κ1) is 9.80. The van der Waals surface area contributed by atoms with Gasteiger partial charge in [0.1, 0.15) is 0 Å². The second-order valence-electron chi connectivity index (χ2n) is 2.97. The molecule has 3 unspecified atom stereocenters. The summed E-state index contributed by atoms with van der Waals surface area (Å²) in [4.78, 5) is 0. The average Bonchev–Trinajstić information content (AvgIpc) is 2.65. The Bertz CT molecular complexity index is 157. The number of rotatable bonds is 3. The standard InChI is InChI=1S/C7H11F3O2/c1-2-4-3-5(4)12-6(11)7(8,9)10/h4-6,11H,2-3H2,1H3. The summed E-state index contributed by atoms with van der Waals surface area (Å²) in [5, 5.41) is 8.46. The number of alkyl halides is 3. The van der Waals surface area contributed by atoms with Gasteiger partial charge in [0, 0.05) is 0 Å². The van der Waals surface area contributed by atoms with Crippen molar-refractivity contribution in [1.29, 1.82) is 0 Å². The van der Waals surface area contributed by atoms with Gasteiger partial charge in [-0.1, -0.05) is 13.3 Å². The van der Waals surface area contributed by atoms with Crippen molar-refractivity contribution in [3.05, 3.63) is 0 Å². The smallest absolute Gasteiger partial charge is 0.361 e. The first-order valence-electron chi connectivity index (χ1n) is 3.85. The summed E-state index contributed by atoms with van der Waals surface area (Å²) in [5.41, 5.74) is 0. The molecule has 1 aliphatic carbocycles. The van der Waals surface area contributed by atoms with E-state index in [-0.39, 0.29) is 5.92 Å². The minimum atomic E-state index is -4.65. The van der Waals surface area contributed by atoms with Crippen LogP contribution in [0.4, 0.5) is 13.2 Å². The Hall–Kier alpha value is -0.290. The molecule has 0 heterocycles. The van der Waals surface area contributed by atoms with Crippen molar-refractivity contribution in [3.8, 4) is 0 Å². The predicted molar refractivity (Wildman–Crippen MR) is 35.3 cm³/mol. The van der Waals surface area contributed by atoms with E-state index >= 15 is 0 Å². The van der Waals surface area contributed by atoms with E-state index in [1.54, 1.807) is 0 Å². The highest BCUT2D eigenvalue weighted by molar-refractivity contribution is 4.87. The molecule has 2 nitrogen and oxygen atoms in total. The highest BCUT2D eigenvalue weighted by Crippen LogP contribution is 2.38. The van der Waals surface area contributed by atoms with Gasteiger partial charge in [0.15, 0.2) is 0 Å². The highest BCUT2D eigenvalue weighted by atomic mass is 19.4. The van der Waals surface area contributed by atoms with Crippen molar-refractivity contribution in [2.24, 2.45) is 5.92 Å². The van der Waals surface area contributed by atoms with Crippen LogP contribution in [0, 0.1) is 5.92 Å². The average molecular weight is 184 g/mol. The third-order valence-electron chi connectivity index (χ3n) is 1.97. The van der Waals surface area contributed by atoms with Gasteiger partial charge >= 0.3 is 6.18 Å². The quantitative estimate of drug-likeness (QED) is 0.676. The van der Waals surface area contributed by atoms with Gasteiger partial charge in [0.25, 0.3) is 6.29 Å². The lowest BCUT2D eigenvalue weighted by Gasteiger charge is -2.14. The number of aliphatic hydroxyl groups is 1. The Morgan fingerprint density at radius 2 is 2.17 bits per heavy atom. The van der Waals surface area contributed by atoms with Crippen molar-refractivity contribution in [3.63, 3.8) is 0 Å². The van der Waals surface area contributed by atoms with Gasteiger partial charge in [0.05, 0.1) is 6.10 Å². The van der Waals surface area contributed by atoms with E-state index in [9.17, 15) is 13.2 Å². The van der Waals surface area contributed by atoms with Gasteiger partial charge < -0.3 is 9.84 Å². The Morgan fingerprint density at radius 1 is 1.58 bits per heavy atom. The van der Waals surface area contributed by atoms with Gasteiger partial charge in [-0.15, -0.1) is 0 Å². The van der Waals surface area contributed by atoms with Crippen LogP contribution in [-0.2, 0) is 4.74 Å². The van der Waals surface area contributed by atoms with Crippen LogP contribution >= 0.6 is 0 Å². The first-order valence-corrected chi connectivity index (χ1v) is 3.85. The van der Waals surface area contributed by atoms with Crippen molar-refractivity contribution in [2.45, 2.75) is 38.3 Å². The SMILES string of the molecule is CCC1CC1OC(O)C(F)(F)F. The number of hydrogen-bond donors (Lipinski definition) is 1. The van der Waals surface area contributed by atoms with Crippen LogP contribution in [0.2, 0.25) is 0 Å². The maximum absolute atomic E-state index is 11.7. The fourth-order valence-electron chi connectivity index (χ4n) is 1.06. The monoisotopic (exact) mass is 184 g/mol. The Morgan fingerprint density at radius 3 is 2.50 bits per heavy atom. The molecule has 0 amide bonds. The highest BCUT2D eigenvalue weighted by Gasteiger charge is 2.46.